The average molecular weight is 244 g/mol. The summed E-state index contributed by atoms with van der Waals surface area (Å²) in [6.07, 6.45) is 1.12. The number of rotatable bonds is 5. The van der Waals surface area contributed by atoms with Crippen molar-refractivity contribution >= 4 is 24.2 Å². The van der Waals surface area contributed by atoms with Crippen molar-refractivity contribution in [3.63, 3.8) is 0 Å². The van der Waals surface area contributed by atoms with Crippen molar-refractivity contribution in [1.29, 1.82) is 0 Å². The molecule has 0 fully saturated rings. The third-order valence-corrected chi connectivity index (χ3v) is 3.21. The molecule has 1 atom stereocenters. The number of hydrogen-bond acceptors (Lipinski definition) is 2. The summed E-state index contributed by atoms with van der Waals surface area (Å²) in [6, 6.07) is 8.46. The number of halogens is 1. The molecule has 0 N–H and O–H groups in total. The van der Waals surface area contributed by atoms with Crippen LogP contribution in [0.3, 0.4) is 0 Å². The Morgan fingerprint density at radius 1 is 1.47 bits per heavy atom. The maximum atomic E-state index is 5.97. The van der Waals surface area contributed by atoms with Crippen molar-refractivity contribution in [1.82, 2.24) is 4.90 Å². The van der Waals surface area contributed by atoms with Gasteiger partial charge >= 0.3 is 0 Å². The molecule has 84 valence electrons. The van der Waals surface area contributed by atoms with Gasteiger partial charge in [-0.25, -0.2) is 0 Å². The zero-order valence-corrected chi connectivity index (χ0v) is 10.9. The SMILES string of the molecule is CC(c1cccc(Cl)c1)N(C)CCCS. The molecule has 1 aromatic carbocycles. The summed E-state index contributed by atoms with van der Waals surface area (Å²) in [5.74, 6) is 0.937. The topological polar surface area (TPSA) is 3.24 Å². The van der Waals surface area contributed by atoms with Crippen LogP contribution in [0.25, 0.3) is 0 Å². The van der Waals surface area contributed by atoms with Crippen LogP contribution < -0.4 is 0 Å². The minimum absolute atomic E-state index is 0.406. The van der Waals surface area contributed by atoms with Crippen molar-refractivity contribution in [2.45, 2.75) is 19.4 Å². The summed E-state index contributed by atoms with van der Waals surface area (Å²) in [7, 11) is 2.13. The molecule has 0 amide bonds. The Hall–Kier alpha value is -0.180. The molecular weight excluding hydrogens is 226 g/mol. The van der Waals surface area contributed by atoms with E-state index in [2.05, 4.69) is 37.6 Å². The first kappa shape index (κ1) is 12.9. The van der Waals surface area contributed by atoms with Crippen molar-refractivity contribution in [3.8, 4) is 0 Å². The van der Waals surface area contributed by atoms with E-state index in [1.165, 1.54) is 5.56 Å². The van der Waals surface area contributed by atoms with E-state index < -0.39 is 0 Å². The molecule has 0 bridgehead atoms. The van der Waals surface area contributed by atoms with Gasteiger partial charge in [-0.15, -0.1) is 0 Å². The summed E-state index contributed by atoms with van der Waals surface area (Å²) in [6.45, 7) is 3.27. The first-order valence-corrected chi connectivity index (χ1v) is 6.22. The van der Waals surface area contributed by atoms with Crippen LogP contribution in [0.2, 0.25) is 5.02 Å². The Labute approximate surface area is 103 Å². The van der Waals surface area contributed by atoms with Crippen LogP contribution in [-0.4, -0.2) is 24.2 Å². The fourth-order valence-electron chi connectivity index (χ4n) is 1.53. The third-order valence-electron chi connectivity index (χ3n) is 2.66. The lowest BCUT2D eigenvalue weighted by atomic mass is 10.1. The van der Waals surface area contributed by atoms with E-state index in [9.17, 15) is 0 Å². The molecular formula is C12H18ClNS. The van der Waals surface area contributed by atoms with Gasteiger partial charge in [-0.2, -0.15) is 12.6 Å². The molecule has 1 aromatic rings. The molecule has 0 aromatic heterocycles. The summed E-state index contributed by atoms with van der Waals surface area (Å²) < 4.78 is 0. The smallest absolute Gasteiger partial charge is 0.0409 e. The van der Waals surface area contributed by atoms with Gasteiger partial charge in [0.15, 0.2) is 0 Å². The van der Waals surface area contributed by atoms with Crippen molar-refractivity contribution in [2.24, 2.45) is 0 Å². The quantitative estimate of drug-likeness (QED) is 0.773. The van der Waals surface area contributed by atoms with Crippen LogP contribution >= 0.6 is 24.2 Å². The largest absolute Gasteiger partial charge is 0.300 e. The van der Waals surface area contributed by atoms with Crippen LogP contribution in [0, 0.1) is 0 Å². The molecule has 3 heteroatoms. The van der Waals surface area contributed by atoms with Gasteiger partial charge in [0, 0.05) is 11.1 Å². The van der Waals surface area contributed by atoms with E-state index in [0.717, 1.165) is 23.7 Å². The first-order valence-electron chi connectivity index (χ1n) is 5.21. The summed E-state index contributed by atoms with van der Waals surface area (Å²) in [5, 5.41) is 0.807. The van der Waals surface area contributed by atoms with Gasteiger partial charge in [0.2, 0.25) is 0 Å². The highest BCUT2D eigenvalue weighted by atomic mass is 35.5. The first-order chi connectivity index (χ1) is 7.15. The Bertz CT molecular complexity index is 303. The minimum atomic E-state index is 0.406. The molecule has 0 saturated heterocycles. The van der Waals surface area contributed by atoms with Crippen molar-refractivity contribution in [3.05, 3.63) is 34.9 Å². The van der Waals surface area contributed by atoms with Crippen molar-refractivity contribution < 1.29 is 0 Å². The fourth-order valence-corrected chi connectivity index (χ4v) is 1.87. The number of nitrogens with zero attached hydrogens (tertiary/aromatic N) is 1. The van der Waals surface area contributed by atoms with Crippen LogP contribution in [0.1, 0.15) is 24.9 Å². The van der Waals surface area contributed by atoms with Gasteiger partial charge in [-0.1, -0.05) is 23.7 Å². The molecule has 0 aliphatic heterocycles. The van der Waals surface area contributed by atoms with Crippen LogP contribution in [-0.2, 0) is 0 Å². The van der Waals surface area contributed by atoms with Crippen molar-refractivity contribution in [2.75, 3.05) is 19.3 Å². The van der Waals surface area contributed by atoms with Gasteiger partial charge in [-0.05, 0) is 50.4 Å². The maximum absolute atomic E-state index is 5.97. The molecule has 0 spiro atoms. The molecule has 15 heavy (non-hydrogen) atoms. The highest BCUT2D eigenvalue weighted by molar-refractivity contribution is 7.80. The second-order valence-electron chi connectivity index (χ2n) is 3.79. The molecule has 0 aliphatic carbocycles. The van der Waals surface area contributed by atoms with Gasteiger partial charge in [-0.3, -0.25) is 4.90 Å². The third kappa shape index (κ3) is 4.06. The van der Waals surface area contributed by atoms with E-state index in [1.54, 1.807) is 0 Å². The highest BCUT2D eigenvalue weighted by Crippen LogP contribution is 2.21. The lowest BCUT2D eigenvalue weighted by molar-refractivity contribution is 0.263. The minimum Gasteiger partial charge on any atom is -0.300 e. The summed E-state index contributed by atoms with van der Waals surface area (Å²) in [5.41, 5.74) is 1.27. The second kappa shape index (κ2) is 6.41. The number of hydrogen-bond donors (Lipinski definition) is 1. The van der Waals surface area contributed by atoms with Crippen LogP contribution in [0.5, 0.6) is 0 Å². The Morgan fingerprint density at radius 2 is 2.20 bits per heavy atom. The molecule has 1 nitrogen and oxygen atoms in total. The normalized spacial score (nSPS) is 13.1. The fraction of sp³-hybridized carbons (Fsp3) is 0.500. The molecule has 0 aliphatic rings. The van der Waals surface area contributed by atoms with Crippen LogP contribution in [0.15, 0.2) is 24.3 Å². The molecule has 0 heterocycles. The van der Waals surface area contributed by atoms with E-state index in [0.29, 0.717) is 6.04 Å². The van der Waals surface area contributed by atoms with Crippen LogP contribution in [0.4, 0.5) is 0 Å². The van der Waals surface area contributed by atoms with Gasteiger partial charge < -0.3 is 0 Å². The van der Waals surface area contributed by atoms with Gasteiger partial charge in [0.05, 0.1) is 0 Å². The van der Waals surface area contributed by atoms with Gasteiger partial charge in [0.1, 0.15) is 0 Å². The zero-order valence-electron chi connectivity index (χ0n) is 9.28. The second-order valence-corrected chi connectivity index (χ2v) is 4.67. The molecule has 0 radical (unpaired) electrons. The maximum Gasteiger partial charge on any atom is 0.0409 e. The lowest BCUT2D eigenvalue weighted by Crippen LogP contribution is -2.23. The Morgan fingerprint density at radius 3 is 2.80 bits per heavy atom. The van der Waals surface area contributed by atoms with Gasteiger partial charge in [0.25, 0.3) is 0 Å². The number of thiol groups is 1. The van der Waals surface area contributed by atoms with E-state index in [1.807, 2.05) is 18.2 Å². The Balaban J connectivity index is 2.62. The Kier molecular flexibility index (Phi) is 5.51. The van der Waals surface area contributed by atoms with E-state index >= 15 is 0 Å². The summed E-state index contributed by atoms with van der Waals surface area (Å²) >= 11 is 10.2. The highest BCUT2D eigenvalue weighted by Gasteiger charge is 2.10. The molecule has 0 saturated carbocycles. The van der Waals surface area contributed by atoms with E-state index in [-0.39, 0.29) is 0 Å². The molecule has 1 unspecified atom stereocenters. The molecule has 1 rings (SSSR count). The standard InChI is InChI=1S/C12H18ClNS/c1-10(14(2)7-4-8-15)11-5-3-6-12(13)9-11/h3,5-6,9-10,15H,4,7-8H2,1-2H3. The summed E-state index contributed by atoms with van der Waals surface area (Å²) in [4.78, 5) is 2.32. The monoisotopic (exact) mass is 243 g/mol. The predicted molar refractivity (Wildman–Crippen MR) is 71.0 cm³/mol. The average Bonchev–Trinajstić information content (AvgIpc) is 2.24. The number of benzene rings is 1. The lowest BCUT2D eigenvalue weighted by Gasteiger charge is -2.24. The van der Waals surface area contributed by atoms with E-state index in [4.69, 9.17) is 11.6 Å². The predicted octanol–water partition coefficient (Wildman–Crippen LogP) is 3.65. The zero-order chi connectivity index (χ0) is 11.3.